The van der Waals surface area contributed by atoms with Gasteiger partial charge in [0.1, 0.15) is 5.75 Å². The minimum absolute atomic E-state index is 0.0972. The average molecular weight is 222 g/mol. The van der Waals surface area contributed by atoms with Crippen LogP contribution in [0.3, 0.4) is 0 Å². The Kier molecular flexibility index (Phi) is 3.31. The summed E-state index contributed by atoms with van der Waals surface area (Å²) in [6.07, 6.45) is 0. The zero-order valence-electron chi connectivity index (χ0n) is 7.68. The van der Waals surface area contributed by atoms with Gasteiger partial charge in [-0.3, -0.25) is 0 Å². The Hall–Kier alpha value is -0.840. The molecule has 0 aromatic heterocycles. The number of benzene rings is 1. The number of hydrogen-bond donors (Lipinski definition) is 0. The molecule has 5 heteroatoms. The summed E-state index contributed by atoms with van der Waals surface area (Å²) >= 11 is -0.159. The van der Waals surface area contributed by atoms with Gasteiger partial charge in [0.2, 0.25) is 0 Å². The molecule has 0 aliphatic carbocycles. The van der Waals surface area contributed by atoms with E-state index in [0.717, 1.165) is 5.56 Å². The summed E-state index contributed by atoms with van der Waals surface area (Å²) in [6.45, 7) is 1.74. The standard InChI is InChI=1S/C9H9F3OS/c1-6-3-4-7(13-2)8(5-6)14-9(10,11)12/h3-5H,1-2H3. The molecule has 0 saturated heterocycles. The molecule has 0 fully saturated rings. The molecule has 0 atom stereocenters. The van der Waals surface area contributed by atoms with Crippen LogP contribution in [0.25, 0.3) is 0 Å². The number of rotatable bonds is 2. The lowest BCUT2D eigenvalue weighted by Crippen LogP contribution is -2.00. The van der Waals surface area contributed by atoms with Crippen molar-refractivity contribution < 1.29 is 17.9 Å². The van der Waals surface area contributed by atoms with Gasteiger partial charge in [0.25, 0.3) is 0 Å². The maximum absolute atomic E-state index is 12.1. The van der Waals surface area contributed by atoms with Gasteiger partial charge in [0.05, 0.1) is 12.0 Å². The first-order chi connectivity index (χ1) is 6.42. The summed E-state index contributed by atoms with van der Waals surface area (Å²) in [5.74, 6) is 0.248. The maximum Gasteiger partial charge on any atom is 0.446 e. The molecule has 0 heterocycles. The van der Waals surface area contributed by atoms with E-state index >= 15 is 0 Å². The molecule has 0 amide bonds. The van der Waals surface area contributed by atoms with E-state index in [1.165, 1.54) is 19.2 Å². The number of hydrogen-bond acceptors (Lipinski definition) is 2. The van der Waals surface area contributed by atoms with Crippen LogP contribution in [-0.4, -0.2) is 12.6 Å². The SMILES string of the molecule is COc1ccc(C)cc1SC(F)(F)F. The normalized spacial score (nSPS) is 11.5. The molecule has 1 nitrogen and oxygen atoms in total. The first kappa shape index (κ1) is 11.2. The summed E-state index contributed by atoms with van der Waals surface area (Å²) in [4.78, 5) is 0.0972. The highest BCUT2D eigenvalue weighted by molar-refractivity contribution is 8.00. The third-order valence-electron chi connectivity index (χ3n) is 1.54. The highest BCUT2D eigenvalue weighted by Gasteiger charge is 2.30. The van der Waals surface area contributed by atoms with Crippen molar-refractivity contribution in [1.29, 1.82) is 0 Å². The van der Waals surface area contributed by atoms with Crippen molar-refractivity contribution >= 4 is 11.8 Å². The monoisotopic (exact) mass is 222 g/mol. The number of alkyl halides is 3. The molecule has 0 aliphatic rings. The van der Waals surface area contributed by atoms with Crippen molar-refractivity contribution in [3.05, 3.63) is 23.8 Å². The second kappa shape index (κ2) is 4.13. The van der Waals surface area contributed by atoms with Crippen molar-refractivity contribution in [2.75, 3.05) is 7.11 Å². The number of methoxy groups -OCH3 is 1. The van der Waals surface area contributed by atoms with Gasteiger partial charge in [-0.25, -0.2) is 0 Å². The Morgan fingerprint density at radius 2 is 1.93 bits per heavy atom. The lowest BCUT2D eigenvalue weighted by Gasteiger charge is -2.10. The van der Waals surface area contributed by atoms with Crippen molar-refractivity contribution in [3.8, 4) is 5.75 Å². The summed E-state index contributed by atoms with van der Waals surface area (Å²) < 4.78 is 41.1. The first-order valence-corrected chi connectivity index (χ1v) is 4.64. The van der Waals surface area contributed by atoms with Crippen molar-refractivity contribution in [3.63, 3.8) is 0 Å². The molecule has 0 N–H and O–H groups in total. The number of halogens is 3. The van der Waals surface area contributed by atoms with Crippen LogP contribution in [0.15, 0.2) is 23.1 Å². The quantitative estimate of drug-likeness (QED) is 0.707. The Balaban J connectivity index is 2.99. The molecule has 0 aliphatic heterocycles. The van der Waals surface area contributed by atoms with Gasteiger partial charge in [0, 0.05) is 0 Å². The smallest absolute Gasteiger partial charge is 0.446 e. The Morgan fingerprint density at radius 1 is 1.29 bits per heavy atom. The fourth-order valence-corrected chi connectivity index (χ4v) is 1.73. The molecule has 0 saturated carbocycles. The van der Waals surface area contributed by atoms with Gasteiger partial charge in [-0.05, 0) is 36.4 Å². The van der Waals surface area contributed by atoms with E-state index < -0.39 is 5.51 Å². The third-order valence-corrected chi connectivity index (χ3v) is 2.32. The van der Waals surface area contributed by atoms with E-state index in [4.69, 9.17) is 4.74 Å². The second-order valence-electron chi connectivity index (χ2n) is 2.70. The van der Waals surface area contributed by atoms with Crippen LogP contribution in [0.2, 0.25) is 0 Å². The molecule has 0 bridgehead atoms. The van der Waals surface area contributed by atoms with E-state index in [0.29, 0.717) is 0 Å². The zero-order valence-corrected chi connectivity index (χ0v) is 8.50. The second-order valence-corrected chi connectivity index (χ2v) is 3.81. The van der Waals surface area contributed by atoms with Crippen molar-refractivity contribution in [2.24, 2.45) is 0 Å². The van der Waals surface area contributed by atoms with Crippen LogP contribution < -0.4 is 4.74 Å². The first-order valence-electron chi connectivity index (χ1n) is 3.83. The van der Waals surface area contributed by atoms with Crippen LogP contribution in [0, 0.1) is 6.92 Å². The largest absolute Gasteiger partial charge is 0.496 e. The predicted molar refractivity (Wildman–Crippen MR) is 49.6 cm³/mol. The fourth-order valence-electron chi connectivity index (χ4n) is 0.988. The highest BCUT2D eigenvalue weighted by atomic mass is 32.2. The minimum atomic E-state index is -4.28. The Labute approximate surface area is 84.3 Å². The van der Waals surface area contributed by atoms with Crippen LogP contribution in [-0.2, 0) is 0 Å². The van der Waals surface area contributed by atoms with Crippen molar-refractivity contribution in [2.45, 2.75) is 17.3 Å². The number of thioether (sulfide) groups is 1. The lowest BCUT2D eigenvalue weighted by atomic mass is 10.2. The molecular formula is C9H9F3OS. The molecule has 1 rings (SSSR count). The van der Waals surface area contributed by atoms with Gasteiger partial charge < -0.3 is 4.74 Å². The maximum atomic E-state index is 12.1. The van der Waals surface area contributed by atoms with Gasteiger partial charge in [-0.1, -0.05) is 6.07 Å². The molecule has 1 aromatic carbocycles. The summed E-state index contributed by atoms with van der Waals surface area (Å²) in [5.41, 5.74) is -3.50. The third kappa shape index (κ3) is 3.14. The molecule has 78 valence electrons. The van der Waals surface area contributed by atoms with Crippen LogP contribution in [0.5, 0.6) is 5.75 Å². The number of ether oxygens (including phenoxy) is 1. The predicted octanol–water partition coefficient (Wildman–Crippen LogP) is 3.62. The summed E-state index contributed by atoms with van der Waals surface area (Å²) in [6, 6.07) is 4.69. The molecular weight excluding hydrogens is 213 g/mol. The fraction of sp³-hybridized carbons (Fsp3) is 0.333. The Bertz CT molecular complexity index is 322. The van der Waals surface area contributed by atoms with Crippen LogP contribution in [0.4, 0.5) is 13.2 Å². The lowest BCUT2D eigenvalue weighted by molar-refractivity contribution is -0.0328. The van der Waals surface area contributed by atoms with Gasteiger partial charge in [-0.15, -0.1) is 0 Å². The van der Waals surface area contributed by atoms with Crippen LogP contribution in [0.1, 0.15) is 5.56 Å². The molecule has 14 heavy (non-hydrogen) atoms. The minimum Gasteiger partial charge on any atom is -0.496 e. The molecule has 1 aromatic rings. The highest BCUT2D eigenvalue weighted by Crippen LogP contribution is 2.41. The van der Waals surface area contributed by atoms with E-state index in [1.54, 1.807) is 13.0 Å². The molecule has 0 radical (unpaired) electrons. The van der Waals surface area contributed by atoms with Crippen molar-refractivity contribution in [1.82, 2.24) is 0 Å². The topological polar surface area (TPSA) is 9.23 Å². The van der Waals surface area contributed by atoms with E-state index in [-0.39, 0.29) is 22.4 Å². The average Bonchev–Trinajstić information content (AvgIpc) is 2.01. The van der Waals surface area contributed by atoms with Gasteiger partial charge in [0.15, 0.2) is 0 Å². The van der Waals surface area contributed by atoms with E-state index in [9.17, 15) is 13.2 Å². The van der Waals surface area contributed by atoms with E-state index in [2.05, 4.69) is 0 Å². The van der Waals surface area contributed by atoms with Crippen LogP contribution >= 0.6 is 11.8 Å². The molecule has 0 spiro atoms. The van der Waals surface area contributed by atoms with Gasteiger partial charge >= 0.3 is 5.51 Å². The molecule has 0 unspecified atom stereocenters. The Morgan fingerprint density at radius 3 is 2.43 bits per heavy atom. The summed E-state index contributed by atoms with van der Waals surface area (Å²) in [7, 11) is 1.35. The summed E-state index contributed by atoms with van der Waals surface area (Å²) in [5, 5.41) is 0. The van der Waals surface area contributed by atoms with Gasteiger partial charge in [-0.2, -0.15) is 13.2 Å². The zero-order chi connectivity index (χ0) is 10.8. The van der Waals surface area contributed by atoms with E-state index in [1.807, 2.05) is 0 Å². The number of aryl methyl sites for hydroxylation is 1.